The van der Waals surface area contributed by atoms with E-state index in [4.69, 9.17) is 16.6 Å². The summed E-state index contributed by atoms with van der Waals surface area (Å²) in [5, 5.41) is 10.8. The lowest BCUT2D eigenvalue weighted by molar-refractivity contribution is 0.0697. The van der Waals surface area contributed by atoms with Crippen molar-refractivity contribution in [3.63, 3.8) is 0 Å². The lowest BCUT2D eigenvalue weighted by atomic mass is 9.81. The number of rotatable bonds is 3. The molecule has 0 radical (unpaired) electrons. The highest BCUT2D eigenvalue weighted by Gasteiger charge is 2.30. The predicted octanol–water partition coefficient (Wildman–Crippen LogP) is 5.22. The van der Waals surface area contributed by atoms with Crippen molar-refractivity contribution in [3.8, 4) is 11.1 Å². The van der Waals surface area contributed by atoms with Gasteiger partial charge in [-0.3, -0.25) is 0 Å². The summed E-state index contributed by atoms with van der Waals surface area (Å²) in [5.74, 6) is 0.268. The van der Waals surface area contributed by atoms with Crippen molar-refractivity contribution in [1.29, 1.82) is 0 Å². The van der Waals surface area contributed by atoms with Crippen LogP contribution in [0.3, 0.4) is 0 Å². The number of aromatic nitrogens is 1. The van der Waals surface area contributed by atoms with Gasteiger partial charge < -0.3 is 10.0 Å². The van der Waals surface area contributed by atoms with Gasteiger partial charge in [0.05, 0.1) is 0 Å². The Hall–Kier alpha value is -2.07. The first kappa shape index (κ1) is 18.3. The molecule has 0 amide bonds. The summed E-state index contributed by atoms with van der Waals surface area (Å²) < 4.78 is 0. The van der Waals surface area contributed by atoms with Gasteiger partial charge in [0.25, 0.3) is 0 Å². The second kappa shape index (κ2) is 7.51. The number of carboxylic acid groups (broad SMARTS) is 1. The molecule has 1 N–H and O–H groups in total. The van der Waals surface area contributed by atoms with Crippen molar-refractivity contribution >= 4 is 23.4 Å². The van der Waals surface area contributed by atoms with Gasteiger partial charge in [0.1, 0.15) is 11.4 Å². The van der Waals surface area contributed by atoms with Crippen LogP contribution in [0, 0.1) is 5.92 Å². The number of fused-ring (bicyclic) bond motifs is 1. The largest absolute Gasteiger partial charge is 0.478 e. The molecule has 142 valence electrons. The van der Waals surface area contributed by atoms with E-state index in [0.717, 1.165) is 67.6 Å². The van der Waals surface area contributed by atoms with Crippen LogP contribution in [0.15, 0.2) is 24.3 Å². The molecule has 4 rings (SSSR count). The Labute approximate surface area is 165 Å². The fourth-order valence-corrected chi connectivity index (χ4v) is 4.61. The number of carboxylic acids is 1. The minimum atomic E-state index is -0.904. The van der Waals surface area contributed by atoms with Gasteiger partial charge in [-0.15, -0.1) is 0 Å². The Morgan fingerprint density at radius 2 is 2.04 bits per heavy atom. The molecule has 0 saturated carbocycles. The number of hydrogen-bond acceptors (Lipinski definition) is 3. The Bertz CT molecular complexity index is 875. The predicted molar refractivity (Wildman–Crippen MR) is 109 cm³/mol. The third-order valence-corrected chi connectivity index (χ3v) is 6.01. The first-order chi connectivity index (χ1) is 13.0. The molecule has 27 heavy (non-hydrogen) atoms. The van der Waals surface area contributed by atoms with E-state index in [2.05, 4.69) is 11.8 Å². The highest BCUT2D eigenvalue weighted by molar-refractivity contribution is 6.30. The summed E-state index contributed by atoms with van der Waals surface area (Å²) >= 11 is 6.25. The second-order valence-corrected chi connectivity index (χ2v) is 8.26. The average molecular weight is 385 g/mol. The third kappa shape index (κ3) is 3.55. The van der Waals surface area contributed by atoms with Gasteiger partial charge in [0.15, 0.2) is 0 Å². The lowest BCUT2D eigenvalue weighted by Gasteiger charge is -2.32. The van der Waals surface area contributed by atoms with Crippen molar-refractivity contribution in [2.75, 3.05) is 18.0 Å². The number of pyridine rings is 1. The number of carbonyl (C=O) groups is 1. The van der Waals surface area contributed by atoms with E-state index in [1.165, 1.54) is 6.42 Å². The molecule has 0 bridgehead atoms. The van der Waals surface area contributed by atoms with Crippen LogP contribution in [0.25, 0.3) is 11.1 Å². The summed E-state index contributed by atoms with van der Waals surface area (Å²) in [7, 11) is 0. The number of anilines is 1. The Balaban J connectivity index is 1.99. The quantitative estimate of drug-likeness (QED) is 0.788. The van der Waals surface area contributed by atoms with E-state index in [-0.39, 0.29) is 0 Å². The minimum Gasteiger partial charge on any atom is -0.478 e. The zero-order chi connectivity index (χ0) is 19.0. The van der Waals surface area contributed by atoms with Crippen LogP contribution in [0.2, 0.25) is 5.02 Å². The maximum absolute atomic E-state index is 12.4. The van der Waals surface area contributed by atoms with Crippen molar-refractivity contribution in [2.24, 2.45) is 5.92 Å². The number of piperidine rings is 1. The van der Waals surface area contributed by atoms with Gasteiger partial charge in [0, 0.05) is 29.4 Å². The third-order valence-electron chi connectivity index (χ3n) is 5.77. The number of benzene rings is 1. The van der Waals surface area contributed by atoms with E-state index < -0.39 is 5.97 Å². The van der Waals surface area contributed by atoms with Gasteiger partial charge in [0.2, 0.25) is 0 Å². The van der Waals surface area contributed by atoms with Crippen LogP contribution in [0.1, 0.15) is 54.2 Å². The SMILES string of the molecule is CC1CCc2nc(N3CCCCC3)c(C(=O)O)c(-c3cccc(Cl)c3)c2C1. The van der Waals surface area contributed by atoms with Crippen LogP contribution in [0.4, 0.5) is 5.82 Å². The molecule has 1 unspecified atom stereocenters. The summed E-state index contributed by atoms with van der Waals surface area (Å²) in [6.45, 7) is 3.97. The van der Waals surface area contributed by atoms with Crippen LogP contribution >= 0.6 is 11.6 Å². The summed E-state index contributed by atoms with van der Waals surface area (Å²) in [5.41, 5.74) is 4.20. The van der Waals surface area contributed by atoms with Crippen LogP contribution in [-0.2, 0) is 12.8 Å². The topological polar surface area (TPSA) is 53.4 Å². The number of halogens is 1. The fraction of sp³-hybridized carbons (Fsp3) is 0.455. The standard InChI is InChI=1S/C22H25ClN2O2/c1-14-8-9-18-17(12-14)19(15-6-5-7-16(23)13-15)20(22(26)27)21(24-18)25-10-3-2-4-11-25/h5-7,13-14H,2-4,8-12H2,1H3,(H,26,27). The van der Waals surface area contributed by atoms with E-state index in [0.29, 0.717) is 22.3 Å². The monoisotopic (exact) mass is 384 g/mol. The maximum atomic E-state index is 12.4. The van der Waals surface area contributed by atoms with Gasteiger partial charge in [-0.05, 0) is 67.7 Å². The summed E-state index contributed by atoms with van der Waals surface area (Å²) in [4.78, 5) is 19.5. The number of aryl methyl sites for hydroxylation is 1. The molecule has 1 atom stereocenters. The Morgan fingerprint density at radius 3 is 2.74 bits per heavy atom. The van der Waals surface area contributed by atoms with Crippen LogP contribution < -0.4 is 4.90 Å². The molecule has 2 aromatic rings. The van der Waals surface area contributed by atoms with Gasteiger partial charge in [-0.2, -0.15) is 0 Å². The highest BCUT2D eigenvalue weighted by Crippen LogP contribution is 2.40. The number of nitrogens with zero attached hydrogens (tertiary/aromatic N) is 2. The molecule has 0 spiro atoms. The lowest BCUT2D eigenvalue weighted by Crippen LogP contribution is -2.33. The number of hydrogen-bond donors (Lipinski definition) is 1. The van der Waals surface area contributed by atoms with Crippen molar-refractivity contribution in [2.45, 2.75) is 45.4 Å². The zero-order valence-corrected chi connectivity index (χ0v) is 16.4. The molecule has 1 aliphatic carbocycles. The molecule has 1 saturated heterocycles. The van der Waals surface area contributed by atoms with E-state index >= 15 is 0 Å². The molecule has 5 heteroatoms. The molecule has 1 fully saturated rings. The molecule has 2 heterocycles. The van der Waals surface area contributed by atoms with E-state index in [1.807, 2.05) is 24.3 Å². The smallest absolute Gasteiger partial charge is 0.340 e. The molecule has 1 aromatic carbocycles. The fourth-order valence-electron chi connectivity index (χ4n) is 4.42. The van der Waals surface area contributed by atoms with Crippen LogP contribution in [0.5, 0.6) is 0 Å². The molecule has 1 aliphatic heterocycles. The van der Waals surface area contributed by atoms with E-state index in [1.54, 1.807) is 0 Å². The minimum absolute atomic E-state index is 0.340. The average Bonchev–Trinajstić information content (AvgIpc) is 2.67. The Morgan fingerprint density at radius 1 is 1.26 bits per heavy atom. The second-order valence-electron chi connectivity index (χ2n) is 7.82. The normalized spacial score (nSPS) is 19.6. The first-order valence-electron chi connectivity index (χ1n) is 9.84. The number of aromatic carboxylic acids is 1. The zero-order valence-electron chi connectivity index (χ0n) is 15.7. The van der Waals surface area contributed by atoms with Crippen molar-refractivity contribution in [1.82, 2.24) is 4.98 Å². The van der Waals surface area contributed by atoms with Gasteiger partial charge in [-0.1, -0.05) is 30.7 Å². The Kier molecular flexibility index (Phi) is 5.09. The summed E-state index contributed by atoms with van der Waals surface area (Å²) in [6.07, 6.45) is 6.24. The van der Waals surface area contributed by atoms with E-state index in [9.17, 15) is 9.90 Å². The van der Waals surface area contributed by atoms with Crippen molar-refractivity contribution < 1.29 is 9.90 Å². The molecule has 2 aliphatic rings. The molecule has 4 nitrogen and oxygen atoms in total. The molecular weight excluding hydrogens is 360 g/mol. The van der Waals surface area contributed by atoms with Crippen molar-refractivity contribution in [3.05, 3.63) is 46.1 Å². The molecule has 1 aromatic heterocycles. The highest BCUT2D eigenvalue weighted by atomic mass is 35.5. The van der Waals surface area contributed by atoms with Crippen LogP contribution in [-0.4, -0.2) is 29.1 Å². The first-order valence-corrected chi connectivity index (χ1v) is 10.2. The molecular formula is C22H25ClN2O2. The maximum Gasteiger partial charge on any atom is 0.340 e. The van der Waals surface area contributed by atoms with Gasteiger partial charge in [-0.25, -0.2) is 9.78 Å². The van der Waals surface area contributed by atoms with Gasteiger partial charge >= 0.3 is 5.97 Å². The summed E-state index contributed by atoms with van der Waals surface area (Å²) in [6, 6.07) is 7.56.